The van der Waals surface area contributed by atoms with Crippen molar-refractivity contribution in [3.63, 3.8) is 0 Å². The molecule has 0 spiro atoms. The van der Waals surface area contributed by atoms with Crippen LogP contribution < -0.4 is 10.6 Å². The molecule has 0 radical (unpaired) electrons. The zero-order valence-corrected chi connectivity index (χ0v) is 16.5. The Morgan fingerprint density at radius 2 is 2.07 bits per heavy atom. The van der Waals surface area contributed by atoms with Gasteiger partial charge < -0.3 is 10.6 Å². The Hall–Kier alpha value is -2.39. The van der Waals surface area contributed by atoms with Crippen molar-refractivity contribution in [1.29, 1.82) is 0 Å². The van der Waals surface area contributed by atoms with E-state index >= 15 is 0 Å². The molecule has 9 heteroatoms. The highest BCUT2D eigenvalue weighted by Crippen LogP contribution is 2.36. The Balaban J connectivity index is 1.66. The number of carbonyl (C=O) groups excluding carboxylic acids is 2. The lowest BCUT2D eigenvalue weighted by Gasteiger charge is -2.21. The van der Waals surface area contributed by atoms with Crippen molar-refractivity contribution in [2.45, 2.75) is 35.3 Å². The van der Waals surface area contributed by atoms with Crippen LogP contribution in [0.25, 0.3) is 0 Å². The standard InChI is InChI=1S/C18H19N3O4S2/c1-11-3-6-16(19-10-11)21-17(22)7-8-27(24,25)13-4-5-15-14(9-13)20-18(23)12(2)26-15/h3-6,9-10,12H,7-8H2,1-2H3,(H,20,23)(H,19,21,22)/t12-/m1/s1. The number of fused-ring (bicyclic) bond motifs is 1. The molecule has 0 unspecified atom stereocenters. The summed E-state index contributed by atoms with van der Waals surface area (Å²) < 4.78 is 25.1. The van der Waals surface area contributed by atoms with Gasteiger partial charge in [0.15, 0.2) is 9.84 Å². The molecule has 1 atom stereocenters. The Bertz CT molecular complexity index is 988. The van der Waals surface area contributed by atoms with Crippen LogP contribution in [0.5, 0.6) is 0 Å². The van der Waals surface area contributed by atoms with Crippen LogP contribution in [-0.2, 0) is 19.4 Å². The third-order valence-electron chi connectivity index (χ3n) is 4.02. The van der Waals surface area contributed by atoms with Gasteiger partial charge in [0.2, 0.25) is 11.8 Å². The number of benzene rings is 1. The van der Waals surface area contributed by atoms with Crippen LogP contribution in [0, 0.1) is 6.92 Å². The molecule has 2 amide bonds. The SMILES string of the molecule is Cc1ccc(NC(=O)CCS(=O)(=O)c2ccc3c(c2)NC(=O)[C@@H](C)S3)nc1. The molecule has 27 heavy (non-hydrogen) atoms. The molecule has 0 saturated heterocycles. The first-order valence-electron chi connectivity index (χ1n) is 8.31. The molecular weight excluding hydrogens is 386 g/mol. The average Bonchev–Trinajstić information content (AvgIpc) is 2.62. The molecule has 1 aliphatic heterocycles. The van der Waals surface area contributed by atoms with Crippen molar-refractivity contribution in [2.24, 2.45) is 0 Å². The largest absolute Gasteiger partial charge is 0.324 e. The molecule has 0 aliphatic carbocycles. The highest BCUT2D eigenvalue weighted by atomic mass is 32.2. The molecule has 2 N–H and O–H groups in total. The van der Waals surface area contributed by atoms with Gasteiger partial charge in [-0.2, -0.15) is 0 Å². The molecule has 0 saturated carbocycles. The summed E-state index contributed by atoms with van der Waals surface area (Å²) >= 11 is 1.38. The minimum Gasteiger partial charge on any atom is -0.324 e. The first kappa shape index (κ1) is 19.4. The normalized spacial score (nSPS) is 16.4. The second kappa shape index (κ2) is 7.69. The number of hydrogen-bond donors (Lipinski definition) is 2. The lowest BCUT2D eigenvalue weighted by molar-refractivity contribution is -0.116. The molecule has 3 rings (SSSR count). The predicted octanol–water partition coefficient (Wildman–Crippen LogP) is 2.63. The van der Waals surface area contributed by atoms with E-state index in [1.54, 1.807) is 31.3 Å². The van der Waals surface area contributed by atoms with Crippen LogP contribution in [0.15, 0.2) is 46.3 Å². The first-order valence-corrected chi connectivity index (χ1v) is 10.8. The topological polar surface area (TPSA) is 105 Å². The van der Waals surface area contributed by atoms with Crippen molar-refractivity contribution in [1.82, 2.24) is 4.98 Å². The van der Waals surface area contributed by atoms with Crippen LogP contribution in [0.1, 0.15) is 18.9 Å². The van der Waals surface area contributed by atoms with Crippen LogP contribution in [0.4, 0.5) is 11.5 Å². The summed E-state index contributed by atoms with van der Waals surface area (Å²) in [5.41, 5.74) is 1.44. The van der Waals surface area contributed by atoms with Crippen molar-refractivity contribution < 1.29 is 18.0 Å². The molecular formula is C18H19N3O4S2. The number of hydrogen-bond acceptors (Lipinski definition) is 6. The van der Waals surface area contributed by atoms with Gasteiger partial charge in [0.1, 0.15) is 5.82 Å². The summed E-state index contributed by atoms with van der Waals surface area (Å²) in [5, 5.41) is 5.07. The van der Waals surface area contributed by atoms with E-state index in [2.05, 4.69) is 15.6 Å². The zero-order chi connectivity index (χ0) is 19.6. The quantitative estimate of drug-likeness (QED) is 0.792. The van der Waals surface area contributed by atoms with Crippen molar-refractivity contribution in [3.05, 3.63) is 42.1 Å². The summed E-state index contributed by atoms with van der Waals surface area (Å²) in [6.07, 6.45) is 1.43. The van der Waals surface area contributed by atoms with Gasteiger partial charge in [-0.3, -0.25) is 9.59 Å². The first-order chi connectivity index (χ1) is 12.7. The van der Waals surface area contributed by atoms with Gasteiger partial charge >= 0.3 is 0 Å². The van der Waals surface area contributed by atoms with Crippen molar-refractivity contribution >= 4 is 44.9 Å². The van der Waals surface area contributed by atoms with Crippen LogP contribution >= 0.6 is 11.8 Å². The number of carbonyl (C=O) groups is 2. The maximum absolute atomic E-state index is 12.6. The predicted molar refractivity (Wildman–Crippen MR) is 105 cm³/mol. The molecule has 142 valence electrons. The van der Waals surface area contributed by atoms with E-state index in [1.807, 2.05) is 6.92 Å². The maximum Gasteiger partial charge on any atom is 0.237 e. The zero-order valence-electron chi connectivity index (χ0n) is 14.9. The van der Waals surface area contributed by atoms with Gasteiger partial charge in [-0.25, -0.2) is 13.4 Å². The van der Waals surface area contributed by atoms with E-state index in [4.69, 9.17) is 0 Å². The van der Waals surface area contributed by atoms with Crippen LogP contribution in [-0.4, -0.2) is 36.2 Å². The summed E-state index contributed by atoms with van der Waals surface area (Å²) in [5.74, 6) is -0.538. The van der Waals surface area contributed by atoms with Gasteiger partial charge in [0.05, 0.1) is 21.6 Å². The van der Waals surface area contributed by atoms with E-state index in [0.717, 1.165) is 10.5 Å². The molecule has 1 aromatic heterocycles. The van der Waals surface area contributed by atoms with Crippen LogP contribution in [0.2, 0.25) is 0 Å². The second-order valence-corrected chi connectivity index (χ2v) is 9.74. The minimum absolute atomic E-state index is 0.0814. The molecule has 1 aliphatic rings. The molecule has 1 aromatic carbocycles. The number of sulfone groups is 1. The Morgan fingerprint density at radius 3 is 2.78 bits per heavy atom. The lowest BCUT2D eigenvalue weighted by atomic mass is 10.3. The number of nitrogens with zero attached hydrogens (tertiary/aromatic N) is 1. The number of amides is 2. The summed E-state index contributed by atoms with van der Waals surface area (Å²) in [7, 11) is -3.66. The van der Waals surface area contributed by atoms with Gasteiger partial charge in [-0.05, 0) is 43.7 Å². The molecule has 0 bridgehead atoms. The molecule has 2 heterocycles. The van der Waals surface area contributed by atoms with E-state index in [0.29, 0.717) is 11.5 Å². The maximum atomic E-state index is 12.6. The fourth-order valence-electron chi connectivity index (χ4n) is 2.47. The van der Waals surface area contributed by atoms with E-state index in [9.17, 15) is 18.0 Å². The minimum atomic E-state index is -3.66. The number of anilines is 2. The van der Waals surface area contributed by atoms with Gasteiger partial charge in [-0.15, -0.1) is 11.8 Å². The van der Waals surface area contributed by atoms with Crippen molar-refractivity contribution in [2.75, 3.05) is 16.4 Å². The second-order valence-electron chi connectivity index (χ2n) is 6.25. The lowest BCUT2D eigenvalue weighted by Crippen LogP contribution is -2.26. The fourth-order valence-corrected chi connectivity index (χ4v) is 4.67. The summed E-state index contributed by atoms with van der Waals surface area (Å²) in [6, 6.07) is 8.09. The van der Waals surface area contributed by atoms with Crippen LogP contribution in [0.3, 0.4) is 0 Å². The molecule has 0 fully saturated rings. The highest BCUT2D eigenvalue weighted by Gasteiger charge is 2.25. The fraction of sp³-hybridized carbons (Fsp3) is 0.278. The van der Waals surface area contributed by atoms with E-state index < -0.39 is 15.7 Å². The smallest absolute Gasteiger partial charge is 0.237 e. The summed E-state index contributed by atoms with van der Waals surface area (Å²) in [6.45, 7) is 3.67. The Morgan fingerprint density at radius 1 is 1.30 bits per heavy atom. The number of aryl methyl sites for hydroxylation is 1. The monoisotopic (exact) mass is 405 g/mol. The van der Waals surface area contributed by atoms with Crippen molar-refractivity contribution in [3.8, 4) is 0 Å². The molecule has 7 nitrogen and oxygen atoms in total. The highest BCUT2D eigenvalue weighted by molar-refractivity contribution is 8.01. The third-order valence-corrected chi connectivity index (χ3v) is 6.91. The Labute approximate surface area is 161 Å². The number of aromatic nitrogens is 1. The summed E-state index contributed by atoms with van der Waals surface area (Å²) in [4.78, 5) is 28.8. The van der Waals surface area contributed by atoms with E-state index in [1.165, 1.54) is 23.9 Å². The van der Waals surface area contributed by atoms with Gasteiger partial charge in [0, 0.05) is 17.5 Å². The van der Waals surface area contributed by atoms with Gasteiger partial charge in [-0.1, -0.05) is 6.07 Å². The van der Waals surface area contributed by atoms with E-state index in [-0.39, 0.29) is 28.2 Å². The number of thioether (sulfide) groups is 1. The number of pyridine rings is 1. The number of rotatable bonds is 5. The Kier molecular flexibility index (Phi) is 5.52. The average molecular weight is 406 g/mol. The number of nitrogens with one attached hydrogen (secondary N) is 2. The third kappa shape index (κ3) is 4.67. The molecule has 2 aromatic rings. The van der Waals surface area contributed by atoms with Gasteiger partial charge in [0.25, 0.3) is 0 Å².